The van der Waals surface area contributed by atoms with Gasteiger partial charge in [0.2, 0.25) is 0 Å². The number of benzene rings is 1. The molecule has 0 spiro atoms. The Morgan fingerprint density at radius 1 is 1.06 bits per heavy atom. The molecule has 0 fully saturated rings. The molecule has 1 aromatic carbocycles. The monoisotopic (exact) mass is 216 g/mol. The van der Waals surface area contributed by atoms with Crippen LogP contribution >= 0.6 is 0 Å². The molecule has 1 aromatic heterocycles. The van der Waals surface area contributed by atoms with Crippen molar-refractivity contribution in [3.8, 4) is 11.3 Å². The van der Waals surface area contributed by atoms with Crippen LogP contribution in [-0.2, 0) is 0 Å². The summed E-state index contributed by atoms with van der Waals surface area (Å²) >= 11 is 0. The highest BCUT2D eigenvalue weighted by atomic mass is 14.9. The van der Waals surface area contributed by atoms with E-state index in [1.165, 1.54) is 11.1 Å². The number of rotatable bonds is 2. The molecule has 0 saturated carbocycles. The Hall–Kier alpha value is -1.57. The maximum atomic E-state index is 4.00. The van der Waals surface area contributed by atoms with E-state index in [-0.39, 0.29) is 0 Å². The highest BCUT2D eigenvalue weighted by Gasteiger charge is 2.00. The molecule has 2 rings (SSSR count). The van der Waals surface area contributed by atoms with Gasteiger partial charge in [0.15, 0.2) is 0 Å². The molecule has 2 aromatic rings. The lowest BCUT2D eigenvalue weighted by atomic mass is 10.0. The summed E-state index contributed by atoms with van der Waals surface area (Å²) in [6.45, 7) is 8.40. The third-order valence-electron chi connectivity index (χ3n) is 2.39. The Balaban J connectivity index is 0.000000606. The summed E-state index contributed by atoms with van der Waals surface area (Å²) in [6, 6.07) is 8.59. The molecular weight excluding hydrogens is 196 g/mol. The molecule has 86 valence electrons. The second kappa shape index (κ2) is 6.11. The fourth-order valence-electron chi connectivity index (χ4n) is 1.46. The van der Waals surface area contributed by atoms with E-state index in [9.17, 15) is 0 Å². The second-order valence-electron chi connectivity index (χ2n) is 3.74. The first kappa shape index (κ1) is 12.5. The van der Waals surface area contributed by atoms with Gasteiger partial charge in [0.1, 0.15) is 0 Å². The van der Waals surface area contributed by atoms with Gasteiger partial charge < -0.3 is 4.98 Å². The van der Waals surface area contributed by atoms with Gasteiger partial charge in [-0.05, 0) is 17.0 Å². The minimum absolute atomic E-state index is 0.589. The summed E-state index contributed by atoms with van der Waals surface area (Å²) < 4.78 is 0. The Bertz CT molecular complexity index is 385. The minimum atomic E-state index is 0.589. The maximum Gasteiger partial charge on any atom is 0.0924 e. The van der Waals surface area contributed by atoms with Gasteiger partial charge in [0.05, 0.1) is 18.2 Å². The van der Waals surface area contributed by atoms with E-state index in [0.29, 0.717) is 5.92 Å². The molecule has 1 heterocycles. The summed E-state index contributed by atoms with van der Waals surface area (Å²) in [4.78, 5) is 7.09. The Labute approximate surface area is 97.7 Å². The third kappa shape index (κ3) is 2.96. The number of H-pyrrole nitrogens is 1. The number of aromatic amines is 1. The van der Waals surface area contributed by atoms with Crippen molar-refractivity contribution < 1.29 is 0 Å². The van der Waals surface area contributed by atoms with Crippen LogP contribution < -0.4 is 0 Å². The average molecular weight is 216 g/mol. The van der Waals surface area contributed by atoms with Crippen LogP contribution in [0.1, 0.15) is 39.2 Å². The minimum Gasteiger partial charge on any atom is -0.345 e. The molecule has 0 amide bonds. The lowest BCUT2D eigenvalue weighted by Gasteiger charge is -2.05. The molecule has 1 N–H and O–H groups in total. The molecule has 2 heteroatoms. The fraction of sp³-hybridized carbons (Fsp3) is 0.357. The van der Waals surface area contributed by atoms with Crippen molar-refractivity contribution in [3.63, 3.8) is 0 Å². The SMILES string of the molecule is CC.CC(C)c1ccc(-c2cnc[nH]2)cc1. The summed E-state index contributed by atoms with van der Waals surface area (Å²) in [5, 5.41) is 0. The second-order valence-corrected chi connectivity index (χ2v) is 3.74. The van der Waals surface area contributed by atoms with E-state index in [2.05, 4.69) is 48.1 Å². The van der Waals surface area contributed by atoms with Gasteiger partial charge in [-0.25, -0.2) is 4.98 Å². The molecule has 0 radical (unpaired) electrons. The molecular formula is C14H20N2. The van der Waals surface area contributed by atoms with Crippen LogP contribution in [0.15, 0.2) is 36.8 Å². The van der Waals surface area contributed by atoms with Gasteiger partial charge in [-0.3, -0.25) is 0 Å². The Morgan fingerprint density at radius 2 is 1.69 bits per heavy atom. The first-order valence-corrected chi connectivity index (χ1v) is 5.86. The van der Waals surface area contributed by atoms with E-state index < -0.39 is 0 Å². The first-order chi connectivity index (χ1) is 7.77. The van der Waals surface area contributed by atoms with E-state index in [1.807, 2.05) is 20.0 Å². The zero-order valence-corrected chi connectivity index (χ0v) is 10.5. The zero-order valence-electron chi connectivity index (χ0n) is 10.5. The van der Waals surface area contributed by atoms with Gasteiger partial charge >= 0.3 is 0 Å². The van der Waals surface area contributed by atoms with Crippen molar-refractivity contribution >= 4 is 0 Å². The van der Waals surface area contributed by atoms with E-state index in [1.54, 1.807) is 6.33 Å². The van der Waals surface area contributed by atoms with Crippen LogP contribution in [0.4, 0.5) is 0 Å². The lowest BCUT2D eigenvalue weighted by Crippen LogP contribution is -1.86. The predicted octanol–water partition coefficient (Wildman–Crippen LogP) is 4.23. The number of nitrogens with one attached hydrogen (secondary N) is 1. The summed E-state index contributed by atoms with van der Waals surface area (Å²) in [5.74, 6) is 0.589. The van der Waals surface area contributed by atoms with Crippen molar-refractivity contribution in [2.24, 2.45) is 0 Å². The number of imidazole rings is 1. The molecule has 16 heavy (non-hydrogen) atoms. The van der Waals surface area contributed by atoms with Crippen LogP contribution in [0, 0.1) is 0 Å². The number of aromatic nitrogens is 2. The standard InChI is InChI=1S/C12H14N2.C2H6/c1-9(2)10-3-5-11(6-4-10)12-7-13-8-14-12;1-2/h3-9H,1-2H3,(H,13,14);1-2H3. The van der Waals surface area contributed by atoms with E-state index in [4.69, 9.17) is 0 Å². The normalized spacial score (nSPS) is 9.81. The van der Waals surface area contributed by atoms with Crippen LogP contribution in [0.5, 0.6) is 0 Å². The van der Waals surface area contributed by atoms with Crippen LogP contribution in [0.2, 0.25) is 0 Å². The van der Waals surface area contributed by atoms with Gasteiger partial charge in [-0.1, -0.05) is 52.0 Å². The zero-order chi connectivity index (χ0) is 12.0. The summed E-state index contributed by atoms with van der Waals surface area (Å²) in [6.07, 6.45) is 3.54. The molecule has 0 aliphatic rings. The molecule has 2 nitrogen and oxygen atoms in total. The number of hydrogen-bond donors (Lipinski definition) is 1. The van der Waals surface area contributed by atoms with Gasteiger partial charge in [-0.2, -0.15) is 0 Å². The molecule has 0 unspecified atom stereocenters. The molecule has 0 aliphatic heterocycles. The van der Waals surface area contributed by atoms with Crippen LogP contribution in [0.25, 0.3) is 11.3 Å². The Kier molecular flexibility index (Phi) is 4.77. The molecule has 0 bridgehead atoms. The summed E-state index contributed by atoms with van der Waals surface area (Å²) in [5.41, 5.74) is 3.63. The molecule has 0 aliphatic carbocycles. The van der Waals surface area contributed by atoms with E-state index >= 15 is 0 Å². The van der Waals surface area contributed by atoms with Gasteiger partial charge in [-0.15, -0.1) is 0 Å². The van der Waals surface area contributed by atoms with Crippen molar-refractivity contribution in [2.75, 3.05) is 0 Å². The van der Waals surface area contributed by atoms with Crippen molar-refractivity contribution in [1.82, 2.24) is 9.97 Å². The lowest BCUT2D eigenvalue weighted by molar-refractivity contribution is 0.867. The number of nitrogens with zero attached hydrogens (tertiary/aromatic N) is 1. The van der Waals surface area contributed by atoms with Crippen molar-refractivity contribution in [2.45, 2.75) is 33.6 Å². The highest BCUT2D eigenvalue weighted by Crippen LogP contribution is 2.20. The molecule has 0 atom stereocenters. The quantitative estimate of drug-likeness (QED) is 0.799. The summed E-state index contributed by atoms with van der Waals surface area (Å²) in [7, 11) is 0. The topological polar surface area (TPSA) is 28.7 Å². The van der Waals surface area contributed by atoms with Gasteiger partial charge in [0, 0.05) is 0 Å². The smallest absolute Gasteiger partial charge is 0.0924 e. The van der Waals surface area contributed by atoms with Crippen LogP contribution in [-0.4, -0.2) is 9.97 Å². The number of hydrogen-bond acceptors (Lipinski definition) is 1. The van der Waals surface area contributed by atoms with Crippen molar-refractivity contribution in [3.05, 3.63) is 42.4 Å². The largest absolute Gasteiger partial charge is 0.345 e. The van der Waals surface area contributed by atoms with Crippen LogP contribution in [0.3, 0.4) is 0 Å². The predicted molar refractivity (Wildman–Crippen MR) is 69.5 cm³/mol. The highest BCUT2D eigenvalue weighted by molar-refractivity contribution is 5.58. The molecule has 0 saturated heterocycles. The fourth-order valence-corrected chi connectivity index (χ4v) is 1.46. The third-order valence-corrected chi connectivity index (χ3v) is 2.39. The first-order valence-electron chi connectivity index (χ1n) is 5.86. The van der Waals surface area contributed by atoms with E-state index in [0.717, 1.165) is 5.69 Å². The average Bonchev–Trinajstić information content (AvgIpc) is 2.85. The Morgan fingerprint density at radius 3 is 2.12 bits per heavy atom. The van der Waals surface area contributed by atoms with Crippen molar-refractivity contribution in [1.29, 1.82) is 0 Å². The maximum absolute atomic E-state index is 4.00. The van der Waals surface area contributed by atoms with Gasteiger partial charge in [0.25, 0.3) is 0 Å².